The molecule has 0 unspecified atom stereocenters. The summed E-state index contributed by atoms with van der Waals surface area (Å²) >= 11 is 5.73. The van der Waals surface area contributed by atoms with Gasteiger partial charge >= 0.3 is 12.5 Å². The summed E-state index contributed by atoms with van der Waals surface area (Å²) in [6, 6.07) is 0. The van der Waals surface area contributed by atoms with Gasteiger partial charge in [0.05, 0.1) is 12.5 Å². The van der Waals surface area contributed by atoms with E-state index in [0.29, 0.717) is 18.2 Å². The van der Waals surface area contributed by atoms with E-state index >= 15 is 0 Å². The highest BCUT2D eigenvalue weighted by Gasteiger charge is 2.36. The van der Waals surface area contributed by atoms with Crippen LogP contribution in [0.25, 0.3) is 5.52 Å². The molecule has 0 spiro atoms. The highest BCUT2D eigenvalue weighted by Crippen LogP contribution is 2.19. The first-order valence-corrected chi connectivity index (χ1v) is 7.21. The molecule has 3 heterocycles. The van der Waals surface area contributed by atoms with Gasteiger partial charge in [-0.2, -0.15) is 0 Å². The van der Waals surface area contributed by atoms with E-state index in [4.69, 9.17) is 11.6 Å². The maximum Gasteiger partial charge on any atom is 0.576 e. The molecule has 0 aliphatic carbocycles. The van der Waals surface area contributed by atoms with Gasteiger partial charge in [0.25, 0.3) is 0 Å². The summed E-state index contributed by atoms with van der Waals surface area (Å²) in [5, 5.41) is 0.486. The fraction of sp³-hybridized carbons (Fsp3) is 0.462. The van der Waals surface area contributed by atoms with Crippen LogP contribution >= 0.6 is 11.6 Å². The van der Waals surface area contributed by atoms with Crippen molar-refractivity contribution in [2.75, 3.05) is 13.1 Å². The molecular weight excluding hydrogens is 337 g/mol. The Balaban J connectivity index is 0.000000172. The van der Waals surface area contributed by atoms with Crippen molar-refractivity contribution in [3.63, 3.8) is 0 Å². The molecule has 1 saturated heterocycles. The van der Waals surface area contributed by atoms with Crippen LogP contribution in [0.4, 0.5) is 18.0 Å². The van der Waals surface area contributed by atoms with Crippen LogP contribution in [-0.2, 0) is 4.74 Å². The number of piperidine rings is 1. The number of rotatable bonds is 0. The molecular formula is C13H14ClF3N4O2. The minimum atomic E-state index is -4.87. The van der Waals surface area contributed by atoms with Gasteiger partial charge in [-0.05, 0) is 19.3 Å². The zero-order valence-corrected chi connectivity index (χ0v) is 12.7. The number of hydrogen-bond acceptors (Lipinski definition) is 4. The summed E-state index contributed by atoms with van der Waals surface area (Å²) in [7, 11) is 0. The molecule has 0 saturated carbocycles. The number of fused-ring (bicyclic) bond motifs is 1. The number of amides is 1. The smallest absolute Gasteiger partial charge is 0.356 e. The van der Waals surface area contributed by atoms with Gasteiger partial charge in [0.15, 0.2) is 5.15 Å². The Kier molecular flexibility index (Phi) is 5.64. The largest absolute Gasteiger partial charge is 0.576 e. The number of carbonyl (C=O) groups is 1. The van der Waals surface area contributed by atoms with E-state index in [-0.39, 0.29) is 0 Å². The average molecular weight is 351 g/mol. The Morgan fingerprint density at radius 2 is 1.96 bits per heavy atom. The number of carbonyl (C=O) groups excluding carboxylic acids is 1. The number of aromatic nitrogens is 3. The number of hydrogen-bond donors (Lipinski definition) is 0. The van der Waals surface area contributed by atoms with Crippen LogP contribution in [0.5, 0.6) is 0 Å². The van der Waals surface area contributed by atoms with Crippen molar-refractivity contribution in [1.29, 1.82) is 0 Å². The molecule has 0 bridgehead atoms. The van der Waals surface area contributed by atoms with Crippen molar-refractivity contribution in [1.82, 2.24) is 19.3 Å². The Morgan fingerprint density at radius 1 is 1.26 bits per heavy atom. The summed E-state index contributed by atoms with van der Waals surface area (Å²) in [6.07, 6.45) is 3.08. The standard InChI is InChI=1S/C7H10F3NO2.C6H4ClN3/c8-7(9,10)13-6(12)11-4-2-1-3-5-11;7-6-5-3-8-4-10(5)2-1-9-6/h1-5H2;1-4H. The van der Waals surface area contributed by atoms with Crippen molar-refractivity contribution in [2.24, 2.45) is 0 Å². The number of ether oxygens (including phenoxy) is 1. The number of alkyl halides is 3. The van der Waals surface area contributed by atoms with Crippen molar-refractivity contribution in [3.8, 4) is 0 Å². The van der Waals surface area contributed by atoms with E-state index in [2.05, 4.69) is 14.7 Å². The topological polar surface area (TPSA) is 59.7 Å². The molecule has 1 amide bonds. The predicted octanol–water partition coefficient (Wildman–Crippen LogP) is 3.51. The van der Waals surface area contributed by atoms with Gasteiger partial charge in [0.1, 0.15) is 5.52 Å². The molecule has 2 aromatic heterocycles. The Hall–Kier alpha value is -2.03. The van der Waals surface area contributed by atoms with Crippen molar-refractivity contribution < 1.29 is 22.7 Å². The quantitative estimate of drug-likeness (QED) is 0.729. The SMILES string of the molecule is Clc1nccn2cncc12.O=C(OC(F)(F)F)N1CCCCC1. The summed E-state index contributed by atoms with van der Waals surface area (Å²) in [5.41, 5.74) is 0.837. The Bertz CT molecular complexity index is 656. The highest BCUT2D eigenvalue weighted by molar-refractivity contribution is 6.32. The molecule has 0 radical (unpaired) electrons. The van der Waals surface area contributed by atoms with Gasteiger partial charge in [0, 0.05) is 25.5 Å². The van der Waals surface area contributed by atoms with E-state index in [9.17, 15) is 18.0 Å². The molecule has 0 aromatic carbocycles. The normalized spacial score (nSPS) is 15.0. The molecule has 2 aromatic rings. The van der Waals surface area contributed by atoms with Gasteiger partial charge < -0.3 is 14.0 Å². The maximum absolute atomic E-state index is 11.6. The van der Waals surface area contributed by atoms with Crippen LogP contribution in [0, 0.1) is 0 Å². The Labute approximate surface area is 134 Å². The zero-order valence-electron chi connectivity index (χ0n) is 12.0. The minimum absolute atomic E-state index is 0.356. The summed E-state index contributed by atoms with van der Waals surface area (Å²) in [6.45, 7) is 0.712. The van der Waals surface area contributed by atoms with Crippen LogP contribution in [0.2, 0.25) is 5.15 Å². The maximum atomic E-state index is 11.6. The molecule has 10 heteroatoms. The van der Waals surface area contributed by atoms with Crippen molar-refractivity contribution in [2.45, 2.75) is 25.6 Å². The van der Waals surface area contributed by atoms with Gasteiger partial charge in [-0.25, -0.2) is 14.8 Å². The molecule has 3 rings (SSSR count). The lowest BCUT2D eigenvalue weighted by Gasteiger charge is -2.25. The fourth-order valence-electron chi connectivity index (χ4n) is 2.06. The second-order valence-corrected chi connectivity index (χ2v) is 5.12. The van der Waals surface area contributed by atoms with Gasteiger partial charge in [-0.3, -0.25) is 0 Å². The number of imidazole rings is 1. The lowest BCUT2D eigenvalue weighted by molar-refractivity contribution is -0.294. The summed E-state index contributed by atoms with van der Waals surface area (Å²) in [5.74, 6) is 0. The number of halogens is 4. The van der Waals surface area contributed by atoms with Crippen LogP contribution in [0.1, 0.15) is 19.3 Å². The minimum Gasteiger partial charge on any atom is -0.356 e. The Morgan fingerprint density at radius 3 is 2.57 bits per heavy atom. The molecule has 23 heavy (non-hydrogen) atoms. The van der Waals surface area contributed by atoms with E-state index in [1.165, 1.54) is 0 Å². The van der Waals surface area contributed by atoms with Crippen molar-refractivity contribution >= 4 is 23.2 Å². The van der Waals surface area contributed by atoms with E-state index in [1.807, 2.05) is 4.40 Å². The fourth-order valence-corrected chi connectivity index (χ4v) is 2.26. The third-order valence-electron chi connectivity index (χ3n) is 3.11. The van der Waals surface area contributed by atoms with E-state index in [1.54, 1.807) is 24.9 Å². The van der Waals surface area contributed by atoms with E-state index in [0.717, 1.165) is 29.7 Å². The average Bonchev–Trinajstić information content (AvgIpc) is 2.97. The molecule has 0 N–H and O–H groups in total. The lowest BCUT2D eigenvalue weighted by atomic mass is 10.1. The number of likely N-dealkylation sites (tertiary alicyclic amines) is 1. The zero-order chi connectivity index (χ0) is 16.9. The lowest BCUT2D eigenvalue weighted by Crippen LogP contribution is -2.38. The summed E-state index contributed by atoms with van der Waals surface area (Å²) in [4.78, 5) is 19.7. The predicted molar refractivity (Wildman–Crippen MR) is 76.0 cm³/mol. The second-order valence-electron chi connectivity index (χ2n) is 4.77. The van der Waals surface area contributed by atoms with Crippen LogP contribution in [0.3, 0.4) is 0 Å². The van der Waals surface area contributed by atoms with Crippen LogP contribution < -0.4 is 0 Å². The van der Waals surface area contributed by atoms with Crippen LogP contribution in [-0.4, -0.2) is 44.8 Å². The first kappa shape index (κ1) is 17.3. The molecule has 1 aliphatic heterocycles. The third-order valence-corrected chi connectivity index (χ3v) is 3.40. The molecule has 1 aliphatic rings. The van der Waals surface area contributed by atoms with Crippen molar-refractivity contribution in [3.05, 3.63) is 30.1 Å². The summed E-state index contributed by atoms with van der Waals surface area (Å²) < 4.78 is 39.9. The van der Waals surface area contributed by atoms with Gasteiger partial charge in [-0.1, -0.05) is 11.6 Å². The molecule has 6 nitrogen and oxygen atoms in total. The van der Waals surface area contributed by atoms with Gasteiger partial charge in [0.2, 0.25) is 0 Å². The molecule has 126 valence electrons. The van der Waals surface area contributed by atoms with Crippen LogP contribution in [0.15, 0.2) is 24.9 Å². The monoisotopic (exact) mass is 350 g/mol. The van der Waals surface area contributed by atoms with E-state index < -0.39 is 12.5 Å². The first-order chi connectivity index (χ1) is 10.9. The third kappa shape index (κ3) is 5.27. The van der Waals surface area contributed by atoms with Gasteiger partial charge in [-0.15, -0.1) is 13.2 Å². The molecule has 1 fully saturated rings. The molecule has 0 atom stereocenters. The first-order valence-electron chi connectivity index (χ1n) is 6.83. The number of nitrogens with zero attached hydrogens (tertiary/aromatic N) is 4. The second kappa shape index (κ2) is 7.49. The highest BCUT2D eigenvalue weighted by atomic mass is 35.5.